The summed E-state index contributed by atoms with van der Waals surface area (Å²) in [5.74, 6) is 1.21. The number of benzene rings is 1. The zero-order chi connectivity index (χ0) is 15.6. The van der Waals surface area contributed by atoms with Gasteiger partial charge >= 0.3 is 5.97 Å². The van der Waals surface area contributed by atoms with E-state index in [9.17, 15) is 4.79 Å². The van der Waals surface area contributed by atoms with E-state index in [4.69, 9.17) is 9.47 Å². The molecule has 0 radical (unpaired) electrons. The Morgan fingerprint density at radius 2 is 2.09 bits per heavy atom. The largest absolute Gasteiger partial charge is 0.488 e. The van der Waals surface area contributed by atoms with Gasteiger partial charge in [0.2, 0.25) is 0 Å². The van der Waals surface area contributed by atoms with Crippen LogP contribution in [0, 0.1) is 0 Å². The topological polar surface area (TPSA) is 59.6 Å². The maximum Gasteiger partial charge on any atom is 0.315 e. The molecule has 4 rings (SSSR count). The summed E-state index contributed by atoms with van der Waals surface area (Å²) in [6.07, 6.45) is 6.35. The molecule has 0 amide bonds. The number of nitrogens with one attached hydrogen (secondary N) is 2. The first-order valence-electron chi connectivity index (χ1n) is 7.52. The average molecular weight is 308 g/mol. The number of esters is 1. The van der Waals surface area contributed by atoms with E-state index in [1.54, 1.807) is 6.08 Å². The second kappa shape index (κ2) is 5.68. The quantitative estimate of drug-likeness (QED) is 0.839. The monoisotopic (exact) mass is 308 g/mol. The lowest BCUT2D eigenvalue weighted by Gasteiger charge is -2.25. The van der Waals surface area contributed by atoms with Gasteiger partial charge in [-0.3, -0.25) is 4.79 Å². The van der Waals surface area contributed by atoms with Crippen LogP contribution in [0.3, 0.4) is 0 Å². The van der Waals surface area contributed by atoms with Crippen LogP contribution in [0.2, 0.25) is 0 Å². The SMILES string of the molecule is O=C(Cc1ccccc1)OC1=CC=C2OCC3=CNNC3=C2C1. The molecule has 0 saturated heterocycles. The lowest BCUT2D eigenvalue weighted by atomic mass is 9.97. The highest BCUT2D eigenvalue weighted by Gasteiger charge is 2.28. The molecule has 0 aromatic heterocycles. The molecule has 5 nitrogen and oxygen atoms in total. The van der Waals surface area contributed by atoms with Crippen molar-refractivity contribution >= 4 is 5.97 Å². The van der Waals surface area contributed by atoms with Crippen LogP contribution in [0.1, 0.15) is 12.0 Å². The minimum atomic E-state index is -0.255. The van der Waals surface area contributed by atoms with Crippen LogP contribution in [0.25, 0.3) is 0 Å². The summed E-state index contributed by atoms with van der Waals surface area (Å²) >= 11 is 0. The van der Waals surface area contributed by atoms with Gasteiger partial charge in [-0.15, -0.1) is 0 Å². The molecule has 23 heavy (non-hydrogen) atoms. The van der Waals surface area contributed by atoms with E-state index in [2.05, 4.69) is 10.9 Å². The molecular weight excluding hydrogens is 292 g/mol. The summed E-state index contributed by atoms with van der Waals surface area (Å²) in [5, 5.41) is 0. The predicted molar refractivity (Wildman–Crippen MR) is 84.4 cm³/mol. The minimum absolute atomic E-state index is 0.255. The van der Waals surface area contributed by atoms with Gasteiger partial charge in [0.1, 0.15) is 18.1 Å². The first-order chi connectivity index (χ1) is 11.3. The normalized spacial score (nSPS) is 18.3. The summed E-state index contributed by atoms with van der Waals surface area (Å²) in [5.41, 5.74) is 10.2. The van der Waals surface area contributed by atoms with Crippen molar-refractivity contribution < 1.29 is 14.3 Å². The molecule has 2 aliphatic heterocycles. The van der Waals surface area contributed by atoms with Crippen LogP contribution in [0.5, 0.6) is 0 Å². The molecule has 1 aromatic carbocycles. The van der Waals surface area contributed by atoms with Crippen molar-refractivity contribution in [3.05, 3.63) is 82.6 Å². The maximum absolute atomic E-state index is 12.1. The molecule has 1 aliphatic carbocycles. The van der Waals surface area contributed by atoms with Crippen LogP contribution in [-0.2, 0) is 20.7 Å². The Bertz CT molecular complexity index is 773. The van der Waals surface area contributed by atoms with Gasteiger partial charge in [-0.2, -0.15) is 0 Å². The molecule has 2 heterocycles. The fourth-order valence-electron chi connectivity index (χ4n) is 2.84. The van der Waals surface area contributed by atoms with E-state index >= 15 is 0 Å². The van der Waals surface area contributed by atoms with E-state index in [-0.39, 0.29) is 12.4 Å². The third kappa shape index (κ3) is 2.73. The smallest absolute Gasteiger partial charge is 0.315 e. The molecule has 1 aromatic rings. The zero-order valence-corrected chi connectivity index (χ0v) is 12.5. The molecule has 2 N–H and O–H groups in total. The Morgan fingerprint density at radius 3 is 2.96 bits per heavy atom. The fraction of sp³-hybridized carbons (Fsp3) is 0.167. The lowest BCUT2D eigenvalue weighted by Crippen LogP contribution is -2.25. The van der Waals surface area contributed by atoms with Crippen molar-refractivity contribution in [1.82, 2.24) is 10.9 Å². The van der Waals surface area contributed by atoms with Crippen molar-refractivity contribution in [3.63, 3.8) is 0 Å². The molecule has 3 aliphatic rings. The zero-order valence-electron chi connectivity index (χ0n) is 12.5. The number of hydrazine groups is 1. The first-order valence-corrected chi connectivity index (χ1v) is 7.52. The molecule has 0 spiro atoms. The Morgan fingerprint density at radius 1 is 1.22 bits per heavy atom. The Balaban J connectivity index is 1.48. The molecule has 5 heteroatoms. The van der Waals surface area contributed by atoms with Crippen molar-refractivity contribution in [3.8, 4) is 0 Å². The maximum atomic E-state index is 12.1. The molecule has 0 bridgehead atoms. The fourth-order valence-corrected chi connectivity index (χ4v) is 2.84. The molecular formula is C18H16N2O3. The molecule has 0 unspecified atom stereocenters. The van der Waals surface area contributed by atoms with E-state index in [1.165, 1.54) is 0 Å². The average Bonchev–Trinajstić information content (AvgIpc) is 3.05. The highest BCUT2D eigenvalue weighted by Crippen LogP contribution is 2.35. The second-order valence-electron chi connectivity index (χ2n) is 5.56. The van der Waals surface area contributed by atoms with Crippen molar-refractivity contribution in [1.29, 1.82) is 0 Å². The van der Waals surface area contributed by atoms with Gasteiger partial charge in [-0.25, -0.2) is 0 Å². The molecule has 0 saturated carbocycles. The number of hydrogen-bond donors (Lipinski definition) is 2. The highest BCUT2D eigenvalue weighted by molar-refractivity contribution is 5.74. The number of carbonyl (C=O) groups excluding carboxylic acids is 1. The van der Waals surface area contributed by atoms with Gasteiger partial charge in [0.25, 0.3) is 0 Å². The minimum Gasteiger partial charge on any atom is -0.488 e. The third-order valence-electron chi connectivity index (χ3n) is 3.95. The van der Waals surface area contributed by atoms with Gasteiger partial charge in [-0.05, 0) is 17.7 Å². The summed E-state index contributed by atoms with van der Waals surface area (Å²) in [4.78, 5) is 12.1. The molecule has 0 fully saturated rings. The summed E-state index contributed by atoms with van der Waals surface area (Å²) in [6.45, 7) is 0.543. The number of ether oxygens (including phenoxy) is 2. The van der Waals surface area contributed by atoms with Crippen LogP contribution in [0.4, 0.5) is 0 Å². The van der Waals surface area contributed by atoms with E-state index in [1.807, 2.05) is 42.6 Å². The van der Waals surface area contributed by atoms with E-state index in [0.29, 0.717) is 18.8 Å². The van der Waals surface area contributed by atoms with E-state index in [0.717, 1.165) is 28.2 Å². The first kappa shape index (κ1) is 13.7. The van der Waals surface area contributed by atoms with Crippen molar-refractivity contribution in [2.45, 2.75) is 12.8 Å². The number of fused-ring (bicyclic) bond motifs is 2. The van der Waals surface area contributed by atoms with Crippen LogP contribution < -0.4 is 10.9 Å². The summed E-state index contributed by atoms with van der Waals surface area (Å²) in [7, 11) is 0. The number of hydrogen-bond acceptors (Lipinski definition) is 5. The van der Waals surface area contributed by atoms with Crippen LogP contribution in [-0.4, -0.2) is 12.6 Å². The molecule has 0 atom stereocenters. The van der Waals surface area contributed by atoms with Gasteiger partial charge in [0.05, 0.1) is 12.1 Å². The summed E-state index contributed by atoms with van der Waals surface area (Å²) < 4.78 is 11.2. The third-order valence-corrected chi connectivity index (χ3v) is 3.95. The Kier molecular flexibility index (Phi) is 3.38. The summed E-state index contributed by atoms with van der Waals surface area (Å²) in [6, 6.07) is 9.58. The number of allylic oxidation sites excluding steroid dienone is 4. The second-order valence-corrected chi connectivity index (χ2v) is 5.56. The number of carbonyl (C=O) groups is 1. The lowest BCUT2D eigenvalue weighted by molar-refractivity contribution is -0.138. The Hall–Kier alpha value is -2.95. The molecule has 116 valence electrons. The van der Waals surface area contributed by atoms with E-state index < -0.39 is 0 Å². The van der Waals surface area contributed by atoms with Crippen molar-refractivity contribution in [2.24, 2.45) is 0 Å². The highest BCUT2D eigenvalue weighted by atomic mass is 16.5. The van der Waals surface area contributed by atoms with Gasteiger partial charge < -0.3 is 20.3 Å². The van der Waals surface area contributed by atoms with Crippen LogP contribution in [0.15, 0.2) is 77.0 Å². The Labute approximate surface area is 133 Å². The van der Waals surface area contributed by atoms with Crippen LogP contribution >= 0.6 is 0 Å². The predicted octanol–water partition coefficient (Wildman–Crippen LogP) is 2.22. The standard InChI is InChI=1S/C18H16N2O3/c21-17(8-12-4-2-1-3-5-12)23-14-6-7-16-15(9-14)18-13(11-22-16)10-19-20-18/h1-7,10,19-20H,8-9,11H2. The number of rotatable bonds is 3. The van der Waals surface area contributed by atoms with Crippen molar-refractivity contribution in [2.75, 3.05) is 6.61 Å². The van der Waals surface area contributed by atoms with Gasteiger partial charge in [-0.1, -0.05) is 30.3 Å². The van der Waals surface area contributed by atoms with Gasteiger partial charge in [0.15, 0.2) is 0 Å². The van der Waals surface area contributed by atoms with Gasteiger partial charge in [0, 0.05) is 23.8 Å².